The molecule has 0 amide bonds. The fourth-order valence-electron chi connectivity index (χ4n) is 2.23. The van der Waals surface area contributed by atoms with Crippen LogP contribution in [0.5, 0.6) is 0 Å². The van der Waals surface area contributed by atoms with Crippen molar-refractivity contribution in [3.63, 3.8) is 0 Å². The number of rotatable bonds is 6. The molecule has 0 N–H and O–H groups in total. The van der Waals surface area contributed by atoms with Crippen LogP contribution in [0.4, 0.5) is 8.78 Å². The monoisotopic (exact) mass is 240 g/mol. The number of hydrogen-bond donors (Lipinski definition) is 0. The van der Waals surface area contributed by atoms with Gasteiger partial charge in [0.05, 0.1) is 0 Å². The van der Waals surface area contributed by atoms with E-state index < -0.39 is 11.6 Å². The van der Waals surface area contributed by atoms with E-state index in [1.807, 2.05) is 0 Å². The smallest absolute Gasteiger partial charge is 0.129 e. The van der Waals surface area contributed by atoms with Crippen molar-refractivity contribution in [3.8, 4) is 0 Å². The van der Waals surface area contributed by atoms with Crippen LogP contribution in [0.3, 0.4) is 0 Å². The molecule has 0 aliphatic carbocycles. The lowest BCUT2D eigenvalue weighted by atomic mass is 9.85. The second kappa shape index (κ2) is 6.73. The molecule has 2 atom stereocenters. The Kier molecular flexibility index (Phi) is 5.60. The summed E-state index contributed by atoms with van der Waals surface area (Å²) in [6.45, 7) is 6.43. The Labute approximate surface area is 103 Å². The lowest BCUT2D eigenvalue weighted by Gasteiger charge is -2.20. The van der Waals surface area contributed by atoms with E-state index in [4.69, 9.17) is 0 Å². The lowest BCUT2D eigenvalue weighted by Crippen LogP contribution is -2.07. The van der Waals surface area contributed by atoms with Gasteiger partial charge in [-0.1, -0.05) is 39.7 Å². The third-order valence-electron chi connectivity index (χ3n) is 3.42. The van der Waals surface area contributed by atoms with Gasteiger partial charge in [0.2, 0.25) is 0 Å². The Bertz CT molecular complexity index is 347. The summed E-state index contributed by atoms with van der Waals surface area (Å²) < 4.78 is 26.6. The highest BCUT2D eigenvalue weighted by Crippen LogP contribution is 2.31. The van der Waals surface area contributed by atoms with Crippen LogP contribution in [0.1, 0.15) is 57.9 Å². The molecule has 0 aromatic heterocycles. The first-order valence-corrected chi connectivity index (χ1v) is 6.53. The first-order valence-electron chi connectivity index (χ1n) is 6.53. The summed E-state index contributed by atoms with van der Waals surface area (Å²) in [6, 6.07) is 3.96. The number of hydrogen-bond acceptors (Lipinski definition) is 0. The van der Waals surface area contributed by atoms with Crippen LogP contribution in [-0.2, 0) is 0 Å². The molecule has 2 heteroatoms. The molecular weight excluding hydrogens is 218 g/mol. The first-order chi connectivity index (χ1) is 8.08. The summed E-state index contributed by atoms with van der Waals surface area (Å²) in [7, 11) is 0. The normalized spacial score (nSPS) is 14.6. The maximum Gasteiger partial charge on any atom is 0.129 e. The highest BCUT2D eigenvalue weighted by Gasteiger charge is 2.17. The molecule has 0 heterocycles. The second-order valence-corrected chi connectivity index (χ2v) is 4.90. The van der Waals surface area contributed by atoms with E-state index in [9.17, 15) is 8.78 Å². The van der Waals surface area contributed by atoms with E-state index in [-0.39, 0.29) is 5.92 Å². The minimum absolute atomic E-state index is 0.218. The molecule has 2 unspecified atom stereocenters. The second-order valence-electron chi connectivity index (χ2n) is 4.90. The Morgan fingerprint density at radius 3 is 2.41 bits per heavy atom. The highest BCUT2D eigenvalue weighted by molar-refractivity contribution is 5.22. The summed E-state index contributed by atoms with van der Waals surface area (Å²) in [4.78, 5) is 0. The van der Waals surface area contributed by atoms with Gasteiger partial charge in [0.1, 0.15) is 11.6 Å². The molecule has 1 aromatic carbocycles. The molecule has 0 saturated heterocycles. The molecule has 0 nitrogen and oxygen atoms in total. The summed E-state index contributed by atoms with van der Waals surface area (Å²) in [5.74, 6) is -0.0941. The molecule has 0 saturated carbocycles. The number of benzene rings is 1. The van der Waals surface area contributed by atoms with Crippen molar-refractivity contribution in [3.05, 3.63) is 35.4 Å². The molecule has 96 valence electrons. The summed E-state index contributed by atoms with van der Waals surface area (Å²) in [5.41, 5.74) is 0.675. The van der Waals surface area contributed by atoms with Gasteiger partial charge in [0.25, 0.3) is 0 Å². The van der Waals surface area contributed by atoms with Gasteiger partial charge >= 0.3 is 0 Å². The largest absolute Gasteiger partial charge is 0.207 e. The van der Waals surface area contributed by atoms with Gasteiger partial charge in [0, 0.05) is 6.07 Å². The predicted octanol–water partition coefficient (Wildman–Crippen LogP) is 5.28. The van der Waals surface area contributed by atoms with E-state index in [0.717, 1.165) is 31.7 Å². The zero-order valence-corrected chi connectivity index (χ0v) is 11.0. The Balaban J connectivity index is 2.88. The average Bonchev–Trinajstić information content (AvgIpc) is 2.28. The van der Waals surface area contributed by atoms with Crippen molar-refractivity contribution in [1.82, 2.24) is 0 Å². The van der Waals surface area contributed by atoms with Gasteiger partial charge in [-0.15, -0.1) is 0 Å². The van der Waals surface area contributed by atoms with Crippen LogP contribution >= 0.6 is 0 Å². The van der Waals surface area contributed by atoms with E-state index in [1.54, 1.807) is 6.07 Å². The van der Waals surface area contributed by atoms with Crippen LogP contribution in [0.25, 0.3) is 0 Å². The molecular formula is C15H22F2. The SMILES string of the molecule is CCCC(CC(C)CC)c1ccc(F)cc1F. The summed E-state index contributed by atoms with van der Waals surface area (Å²) in [5, 5.41) is 0. The predicted molar refractivity (Wildman–Crippen MR) is 68.1 cm³/mol. The zero-order valence-electron chi connectivity index (χ0n) is 11.0. The molecule has 0 spiro atoms. The van der Waals surface area contributed by atoms with Gasteiger partial charge < -0.3 is 0 Å². The minimum atomic E-state index is -0.495. The Morgan fingerprint density at radius 1 is 1.18 bits per heavy atom. The Morgan fingerprint density at radius 2 is 1.88 bits per heavy atom. The van der Waals surface area contributed by atoms with Gasteiger partial charge in [0.15, 0.2) is 0 Å². The van der Waals surface area contributed by atoms with Crippen molar-refractivity contribution in [2.45, 2.75) is 52.4 Å². The van der Waals surface area contributed by atoms with Crippen molar-refractivity contribution >= 4 is 0 Å². The summed E-state index contributed by atoms with van der Waals surface area (Å²) >= 11 is 0. The van der Waals surface area contributed by atoms with Crippen molar-refractivity contribution in [1.29, 1.82) is 0 Å². The van der Waals surface area contributed by atoms with Gasteiger partial charge in [-0.2, -0.15) is 0 Å². The van der Waals surface area contributed by atoms with Crippen LogP contribution in [0.2, 0.25) is 0 Å². The zero-order chi connectivity index (χ0) is 12.8. The van der Waals surface area contributed by atoms with E-state index in [1.165, 1.54) is 6.07 Å². The van der Waals surface area contributed by atoms with Crippen molar-refractivity contribution < 1.29 is 8.78 Å². The minimum Gasteiger partial charge on any atom is -0.207 e. The topological polar surface area (TPSA) is 0 Å². The third-order valence-corrected chi connectivity index (χ3v) is 3.42. The van der Waals surface area contributed by atoms with Gasteiger partial charge in [-0.05, 0) is 36.3 Å². The molecule has 1 aromatic rings. The maximum atomic E-state index is 13.7. The molecule has 0 radical (unpaired) electrons. The van der Waals surface area contributed by atoms with E-state index >= 15 is 0 Å². The van der Waals surface area contributed by atoms with Crippen LogP contribution in [-0.4, -0.2) is 0 Å². The standard InChI is InChI=1S/C15H22F2/c1-4-6-12(9-11(3)5-2)14-8-7-13(16)10-15(14)17/h7-8,10-12H,4-6,9H2,1-3H3. The highest BCUT2D eigenvalue weighted by atomic mass is 19.1. The van der Waals surface area contributed by atoms with Crippen molar-refractivity contribution in [2.75, 3.05) is 0 Å². The average molecular weight is 240 g/mol. The van der Waals surface area contributed by atoms with Crippen LogP contribution in [0.15, 0.2) is 18.2 Å². The van der Waals surface area contributed by atoms with E-state index in [2.05, 4.69) is 20.8 Å². The molecule has 17 heavy (non-hydrogen) atoms. The number of halogens is 2. The quantitative estimate of drug-likeness (QED) is 0.634. The van der Waals surface area contributed by atoms with Gasteiger partial charge in [-0.25, -0.2) is 8.78 Å². The maximum absolute atomic E-state index is 13.7. The molecule has 0 bridgehead atoms. The Hall–Kier alpha value is -0.920. The van der Waals surface area contributed by atoms with Gasteiger partial charge in [-0.3, -0.25) is 0 Å². The molecule has 0 aliphatic heterocycles. The molecule has 0 fully saturated rings. The fraction of sp³-hybridized carbons (Fsp3) is 0.600. The molecule has 1 rings (SSSR count). The van der Waals surface area contributed by atoms with Crippen LogP contribution in [0, 0.1) is 17.6 Å². The van der Waals surface area contributed by atoms with Crippen molar-refractivity contribution in [2.24, 2.45) is 5.92 Å². The summed E-state index contributed by atoms with van der Waals surface area (Å²) in [6.07, 6.45) is 4.07. The van der Waals surface area contributed by atoms with E-state index in [0.29, 0.717) is 11.5 Å². The first kappa shape index (κ1) is 14.1. The molecule has 0 aliphatic rings. The lowest BCUT2D eigenvalue weighted by molar-refractivity contribution is 0.422. The third kappa shape index (κ3) is 4.10. The van der Waals surface area contributed by atoms with Crippen LogP contribution < -0.4 is 0 Å². The fourth-order valence-corrected chi connectivity index (χ4v) is 2.23.